The van der Waals surface area contributed by atoms with E-state index in [0.717, 1.165) is 0 Å². The molecule has 4 aromatic heterocycles. The molecule has 0 aliphatic carbocycles. The molecule has 0 amide bonds. The number of fused-ring (bicyclic) bond motifs is 11. The van der Waals surface area contributed by atoms with Crippen molar-refractivity contribution >= 4 is 95.9 Å². The van der Waals surface area contributed by atoms with Gasteiger partial charge >= 0.3 is 0 Å². The predicted octanol–water partition coefficient (Wildman–Crippen LogP) is 14.8. The van der Waals surface area contributed by atoms with Gasteiger partial charge in [0.1, 0.15) is 0 Å². The van der Waals surface area contributed by atoms with Crippen LogP contribution in [0.15, 0.2) is 182 Å². The zero-order valence-corrected chi connectivity index (χ0v) is 30.7. The number of aromatic nitrogens is 2. The molecule has 12 rings (SSSR count). The van der Waals surface area contributed by atoms with Crippen LogP contribution in [0.2, 0.25) is 0 Å². The van der Waals surface area contributed by atoms with Gasteiger partial charge in [0.25, 0.3) is 0 Å². The van der Waals surface area contributed by atoms with Gasteiger partial charge in [0, 0.05) is 80.0 Å². The van der Waals surface area contributed by atoms with Crippen LogP contribution in [-0.2, 0) is 0 Å². The third-order valence-corrected chi connectivity index (χ3v) is 13.7. The lowest BCUT2D eigenvalue weighted by molar-refractivity contribution is 1.18. The summed E-state index contributed by atoms with van der Waals surface area (Å²) in [4.78, 5) is 0. The van der Waals surface area contributed by atoms with E-state index >= 15 is 0 Å². The number of nitrogens with zero attached hydrogens (tertiary/aromatic N) is 2. The molecule has 0 spiro atoms. The summed E-state index contributed by atoms with van der Waals surface area (Å²) >= 11 is 3.86. The second-order valence-corrected chi connectivity index (χ2v) is 16.0. The summed E-state index contributed by atoms with van der Waals surface area (Å²) in [5.74, 6) is 0. The Kier molecular flexibility index (Phi) is 6.41. The first-order chi connectivity index (χ1) is 26.8. The summed E-state index contributed by atoms with van der Waals surface area (Å²) in [5, 5.41) is 7.76. The van der Waals surface area contributed by atoms with Gasteiger partial charge in [0.15, 0.2) is 0 Å². The molecular formula is C50H30N2S2. The first-order valence-corrected chi connectivity index (χ1v) is 20.0. The second-order valence-electron chi connectivity index (χ2n) is 14.0. The Hall–Kier alpha value is -6.46. The monoisotopic (exact) mass is 722 g/mol. The van der Waals surface area contributed by atoms with Crippen molar-refractivity contribution < 1.29 is 0 Å². The van der Waals surface area contributed by atoms with Crippen LogP contribution in [-0.4, -0.2) is 9.13 Å². The highest BCUT2D eigenvalue weighted by molar-refractivity contribution is 7.28. The molecule has 0 aliphatic heterocycles. The third-order valence-electron chi connectivity index (χ3n) is 11.1. The molecule has 54 heavy (non-hydrogen) atoms. The molecule has 0 bridgehead atoms. The molecule has 4 heterocycles. The lowest BCUT2D eigenvalue weighted by atomic mass is 9.98. The molecule has 0 saturated heterocycles. The minimum absolute atomic E-state index is 1.17. The fraction of sp³-hybridized carbons (Fsp3) is 0. The number of benzene rings is 8. The summed E-state index contributed by atoms with van der Waals surface area (Å²) in [5.41, 5.74) is 12.5. The van der Waals surface area contributed by atoms with Crippen molar-refractivity contribution in [3.05, 3.63) is 182 Å². The molecule has 12 aromatic rings. The number of para-hydroxylation sites is 5. The van der Waals surface area contributed by atoms with Gasteiger partial charge in [-0.1, -0.05) is 146 Å². The summed E-state index contributed by atoms with van der Waals surface area (Å²) in [7, 11) is 0. The van der Waals surface area contributed by atoms with Gasteiger partial charge in [-0.3, -0.25) is 0 Å². The number of hydrogen-bond acceptors (Lipinski definition) is 2. The zero-order chi connectivity index (χ0) is 35.3. The van der Waals surface area contributed by atoms with Crippen LogP contribution in [0.5, 0.6) is 0 Å². The van der Waals surface area contributed by atoms with Gasteiger partial charge in [-0.05, 0) is 36.4 Å². The number of hydrogen-bond donors (Lipinski definition) is 0. The lowest BCUT2D eigenvalue weighted by Crippen LogP contribution is -1.95. The molecule has 2 nitrogen and oxygen atoms in total. The molecule has 8 aromatic carbocycles. The largest absolute Gasteiger partial charge is 0.309 e. The van der Waals surface area contributed by atoms with E-state index in [4.69, 9.17) is 0 Å². The van der Waals surface area contributed by atoms with E-state index in [9.17, 15) is 0 Å². The standard InChI is InChI=1S/C50H30N2S2/c1-3-15-31(16-4-1)51-43-29-9-7-19-33(43)34-21-11-22-35(45(34)51)36-23-12-24-37-38-25-13-26-39(48(38)53-47(36)37)40-27-14-28-42-46-50(54-49(40)42)41-20-8-10-30-44(41)52(46)32-17-5-2-6-18-32/h1-30H. The van der Waals surface area contributed by atoms with Crippen molar-refractivity contribution in [3.63, 3.8) is 0 Å². The van der Waals surface area contributed by atoms with E-state index in [1.54, 1.807) is 0 Å². The fourth-order valence-corrected chi connectivity index (χ4v) is 11.6. The van der Waals surface area contributed by atoms with E-state index < -0.39 is 0 Å². The van der Waals surface area contributed by atoms with E-state index in [0.29, 0.717) is 0 Å². The molecule has 0 fully saturated rings. The normalized spacial score (nSPS) is 12.1. The van der Waals surface area contributed by atoms with Crippen LogP contribution in [0, 0.1) is 0 Å². The van der Waals surface area contributed by atoms with Crippen LogP contribution in [0.25, 0.3) is 107 Å². The Morgan fingerprint density at radius 2 is 0.667 bits per heavy atom. The molecule has 0 N–H and O–H groups in total. The van der Waals surface area contributed by atoms with Crippen LogP contribution >= 0.6 is 22.7 Å². The van der Waals surface area contributed by atoms with Crippen LogP contribution in [0.4, 0.5) is 0 Å². The Morgan fingerprint density at radius 1 is 0.259 bits per heavy atom. The maximum Gasteiger partial charge on any atom is 0.0727 e. The topological polar surface area (TPSA) is 9.86 Å². The fourth-order valence-electron chi connectivity index (χ4n) is 8.87. The molecule has 0 atom stereocenters. The molecule has 0 unspecified atom stereocenters. The van der Waals surface area contributed by atoms with E-state index in [1.165, 1.54) is 107 Å². The Balaban J connectivity index is 1.12. The zero-order valence-electron chi connectivity index (χ0n) is 29.0. The van der Waals surface area contributed by atoms with E-state index in [-0.39, 0.29) is 0 Å². The Labute approximate surface area is 319 Å². The van der Waals surface area contributed by atoms with Crippen LogP contribution in [0.1, 0.15) is 0 Å². The number of thiophene rings is 2. The smallest absolute Gasteiger partial charge is 0.0727 e. The molecule has 252 valence electrons. The third kappa shape index (κ3) is 4.15. The Morgan fingerprint density at radius 3 is 1.30 bits per heavy atom. The highest BCUT2D eigenvalue weighted by Gasteiger charge is 2.22. The highest BCUT2D eigenvalue weighted by atomic mass is 32.1. The van der Waals surface area contributed by atoms with Crippen LogP contribution in [0.3, 0.4) is 0 Å². The first-order valence-electron chi connectivity index (χ1n) is 18.4. The minimum atomic E-state index is 1.17. The van der Waals surface area contributed by atoms with Crippen molar-refractivity contribution in [3.8, 4) is 33.6 Å². The Bertz CT molecular complexity index is 3430. The molecule has 0 aliphatic rings. The maximum absolute atomic E-state index is 2.45. The molecule has 0 saturated carbocycles. The SMILES string of the molecule is c1ccc(-n2c3ccccc3c3cccc(-c4cccc5c4sc4c(-c6cccc7c6sc6c8ccccc8n(-c8ccccc8)c76)cccc45)c32)cc1. The summed E-state index contributed by atoms with van der Waals surface area (Å²) in [6, 6.07) is 66.7. The quantitative estimate of drug-likeness (QED) is 0.171. The van der Waals surface area contributed by atoms with E-state index in [2.05, 4.69) is 191 Å². The van der Waals surface area contributed by atoms with Gasteiger partial charge in [-0.15, -0.1) is 22.7 Å². The minimum Gasteiger partial charge on any atom is -0.309 e. The average Bonchev–Trinajstić information content (AvgIpc) is 3.99. The van der Waals surface area contributed by atoms with Crippen molar-refractivity contribution in [2.45, 2.75) is 0 Å². The van der Waals surface area contributed by atoms with Crippen molar-refractivity contribution in [2.24, 2.45) is 0 Å². The number of rotatable bonds is 4. The van der Waals surface area contributed by atoms with Gasteiger partial charge in [0.05, 0.1) is 26.8 Å². The summed E-state index contributed by atoms with van der Waals surface area (Å²) in [6.45, 7) is 0. The maximum atomic E-state index is 2.45. The second kappa shape index (κ2) is 11.5. The van der Waals surface area contributed by atoms with Gasteiger partial charge in [0.2, 0.25) is 0 Å². The van der Waals surface area contributed by atoms with Gasteiger partial charge in [-0.2, -0.15) is 0 Å². The molecule has 4 heteroatoms. The molecular weight excluding hydrogens is 693 g/mol. The predicted molar refractivity (Wildman–Crippen MR) is 234 cm³/mol. The van der Waals surface area contributed by atoms with Crippen molar-refractivity contribution in [2.75, 3.05) is 0 Å². The first kappa shape index (κ1) is 30.0. The average molecular weight is 723 g/mol. The molecule has 0 radical (unpaired) electrons. The van der Waals surface area contributed by atoms with Gasteiger partial charge < -0.3 is 9.13 Å². The summed E-state index contributed by atoms with van der Waals surface area (Å²) < 4.78 is 10.2. The highest BCUT2D eigenvalue weighted by Crippen LogP contribution is 2.50. The van der Waals surface area contributed by atoms with E-state index in [1.807, 2.05) is 22.7 Å². The lowest BCUT2D eigenvalue weighted by Gasteiger charge is -2.12. The van der Waals surface area contributed by atoms with Gasteiger partial charge in [-0.25, -0.2) is 0 Å². The summed E-state index contributed by atoms with van der Waals surface area (Å²) in [6.07, 6.45) is 0. The van der Waals surface area contributed by atoms with Crippen LogP contribution < -0.4 is 0 Å². The van der Waals surface area contributed by atoms with Crippen molar-refractivity contribution in [1.29, 1.82) is 0 Å². The van der Waals surface area contributed by atoms with Crippen molar-refractivity contribution in [1.82, 2.24) is 9.13 Å².